The molecule has 2 aromatic carbocycles. The van der Waals surface area contributed by atoms with E-state index in [9.17, 15) is 4.79 Å². The molecule has 0 aliphatic heterocycles. The Morgan fingerprint density at radius 2 is 2.05 bits per heavy atom. The first-order valence-corrected chi connectivity index (χ1v) is 6.41. The second kappa shape index (κ2) is 6.96. The zero-order valence-corrected chi connectivity index (χ0v) is 11.4. The number of nitrogens with two attached hydrogens (primary N) is 1. The predicted molar refractivity (Wildman–Crippen MR) is 79.4 cm³/mol. The lowest BCUT2D eigenvalue weighted by molar-refractivity contribution is -0.123. The summed E-state index contributed by atoms with van der Waals surface area (Å²) in [5.41, 5.74) is 7.64. The first kappa shape index (κ1) is 14.4. The largest absolute Gasteiger partial charge is 0.484 e. The molecule has 21 heavy (non-hydrogen) atoms. The van der Waals surface area contributed by atoms with Gasteiger partial charge in [-0.3, -0.25) is 4.79 Å². The Morgan fingerprint density at radius 3 is 2.81 bits per heavy atom. The number of amides is 1. The van der Waals surface area contributed by atoms with Crippen LogP contribution in [0.1, 0.15) is 11.1 Å². The standard InChI is InChI=1S/C16H15N3O2/c17-9-12-3-1-4-13(7-12)10-19-16(20)11-21-15-6-2-5-14(18)8-15/h1-8H,10-11,18H2,(H,19,20). The summed E-state index contributed by atoms with van der Waals surface area (Å²) in [6.07, 6.45) is 0. The van der Waals surface area contributed by atoms with Gasteiger partial charge in [0.1, 0.15) is 5.75 Å². The highest BCUT2D eigenvalue weighted by Gasteiger charge is 2.03. The molecule has 2 aromatic rings. The van der Waals surface area contributed by atoms with Gasteiger partial charge in [0, 0.05) is 18.3 Å². The van der Waals surface area contributed by atoms with Gasteiger partial charge in [-0.1, -0.05) is 18.2 Å². The van der Waals surface area contributed by atoms with Crippen molar-refractivity contribution in [3.63, 3.8) is 0 Å². The molecule has 0 spiro atoms. The molecule has 0 aromatic heterocycles. The number of nitrogens with zero attached hydrogens (tertiary/aromatic N) is 1. The number of rotatable bonds is 5. The van der Waals surface area contributed by atoms with Crippen molar-refractivity contribution in [3.05, 3.63) is 59.7 Å². The Bertz CT molecular complexity index is 677. The Balaban J connectivity index is 1.81. The van der Waals surface area contributed by atoms with E-state index in [1.165, 1.54) is 0 Å². The third-order valence-corrected chi connectivity index (χ3v) is 2.77. The van der Waals surface area contributed by atoms with Crippen LogP contribution in [0, 0.1) is 11.3 Å². The van der Waals surface area contributed by atoms with Crippen LogP contribution < -0.4 is 15.8 Å². The highest BCUT2D eigenvalue weighted by Crippen LogP contribution is 2.14. The van der Waals surface area contributed by atoms with E-state index in [4.69, 9.17) is 15.7 Å². The molecule has 2 rings (SSSR count). The van der Waals surface area contributed by atoms with Gasteiger partial charge >= 0.3 is 0 Å². The minimum Gasteiger partial charge on any atom is -0.484 e. The van der Waals surface area contributed by atoms with Gasteiger partial charge in [-0.05, 0) is 29.8 Å². The fraction of sp³-hybridized carbons (Fsp3) is 0.125. The molecule has 0 radical (unpaired) electrons. The molecule has 0 unspecified atom stereocenters. The molecule has 0 saturated heterocycles. The first-order chi connectivity index (χ1) is 10.2. The topological polar surface area (TPSA) is 88.1 Å². The third kappa shape index (κ3) is 4.55. The van der Waals surface area contributed by atoms with E-state index >= 15 is 0 Å². The summed E-state index contributed by atoms with van der Waals surface area (Å²) in [5.74, 6) is 0.316. The minimum atomic E-state index is -0.236. The van der Waals surface area contributed by atoms with Gasteiger partial charge in [0.05, 0.1) is 11.6 Å². The lowest BCUT2D eigenvalue weighted by Gasteiger charge is -2.08. The normalized spacial score (nSPS) is 9.67. The Morgan fingerprint density at radius 1 is 1.24 bits per heavy atom. The number of carbonyl (C=O) groups is 1. The van der Waals surface area contributed by atoms with Crippen LogP contribution in [-0.2, 0) is 11.3 Å². The van der Waals surface area contributed by atoms with Crippen LogP contribution in [-0.4, -0.2) is 12.5 Å². The molecule has 0 atom stereocenters. The van der Waals surface area contributed by atoms with Crippen molar-refractivity contribution >= 4 is 11.6 Å². The maximum atomic E-state index is 11.7. The summed E-state index contributed by atoms with van der Waals surface area (Å²) in [4.78, 5) is 11.7. The van der Waals surface area contributed by atoms with Crippen LogP contribution >= 0.6 is 0 Å². The fourth-order valence-electron chi connectivity index (χ4n) is 1.76. The van der Waals surface area contributed by atoms with Gasteiger partial charge in [-0.25, -0.2) is 0 Å². The van der Waals surface area contributed by atoms with Crippen molar-refractivity contribution in [2.75, 3.05) is 12.3 Å². The fourth-order valence-corrected chi connectivity index (χ4v) is 1.76. The zero-order valence-electron chi connectivity index (χ0n) is 11.4. The van der Waals surface area contributed by atoms with E-state index in [-0.39, 0.29) is 12.5 Å². The average Bonchev–Trinajstić information content (AvgIpc) is 2.51. The molecule has 0 fully saturated rings. The van der Waals surface area contributed by atoms with Crippen LogP contribution in [0.5, 0.6) is 5.75 Å². The van der Waals surface area contributed by atoms with Crippen LogP contribution in [0.3, 0.4) is 0 Å². The predicted octanol–water partition coefficient (Wildman–Crippen LogP) is 1.84. The molecule has 106 valence electrons. The van der Waals surface area contributed by atoms with E-state index < -0.39 is 0 Å². The van der Waals surface area contributed by atoms with Crippen LogP contribution in [0.15, 0.2) is 48.5 Å². The van der Waals surface area contributed by atoms with E-state index in [0.29, 0.717) is 23.5 Å². The summed E-state index contributed by atoms with van der Waals surface area (Å²) in [6, 6.07) is 16.0. The van der Waals surface area contributed by atoms with Gasteiger partial charge < -0.3 is 15.8 Å². The smallest absolute Gasteiger partial charge is 0.258 e. The van der Waals surface area contributed by atoms with Crippen molar-refractivity contribution in [1.29, 1.82) is 5.26 Å². The van der Waals surface area contributed by atoms with Gasteiger partial charge in [-0.15, -0.1) is 0 Å². The Kier molecular flexibility index (Phi) is 4.78. The molecule has 3 N–H and O–H groups in total. The molecule has 1 amide bonds. The van der Waals surface area contributed by atoms with Crippen molar-refractivity contribution in [2.45, 2.75) is 6.54 Å². The highest BCUT2D eigenvalue weighted by atomic mass is 16.5. The van der Waals surface area contributed by atoms with Crippen molar-refractivity contribution in [2.24, 2.45) is 0 Å². The van der Waals surface area contributed by atoms with Gasteiger partial charge in [-0.2, -0.15) is 5.26 Å². The van der Waals surface area contributed by atoms with Crippen LogP contribution in [0.4, 0.5) is 5.69 Å². The summed E-state index contributed by atoms with van der Waals surface area (Å²) < 4.78 is 5.34. The molecule has 0 bridgehead atoms. The number of ether oxygens (including phenoxy) is 1. The molecule has 5 heteroatoms. The molecule has 5 nitrogen and oxygen atoms in total. The lowest BCUT2D eigenvalue weighted by Crippen LogP contribution is -2.28. The molecule has 0 aliphatic rings. The molecule has 0 saturated carbocycles. The van der Waals surface area contributed by atoms with Crippen LogP contribution in [0.2, 0.25) is 0 Å². The lowest BCUT2D eigenvalue weighted by atomic mass is 10.1. The van der Waals surface area contributed by atoms with Gasteiger partial charge in [0.15, 0.2) is 6.61 Å². The number of nitriles is 1. The second-order valence-corrected chi connectivity index (χ2v) is 4.45. The summed E-state index contributed by atoms with van der Waals surface area (Å²) in [7, 11) is 0. The third-order valence-electron chi connectivity index (χ3n) is 2.77. The second-order valence-electron chi connectivity index (χ2n) is 4.45. The molecule has 0 aliphatic carbocycles. The number of nitrogens with one attached hydrogen (secondary N) is 1. The number of hydrogen-bond acceptors (Lipinski definition) is 4. The summed E-state index contributed by atoms with van der Waals surface area (Å²) >= 11 is 0. The van der Waals surface area contributed by atoms with Gasteiger partial charge in [0.2, 0.25) is 0 Å². The zero-order chi connectivity index (χ0) is 15.1. The first-order valence-electron chi connectivity index (χ1n) is 6.41. The number of carbonyl (C=O) groups excluding carboxylic acids is 1. The molecular formula is C16H15N3O2. The number of nitrogen functional groups attached to an aromatic ring is 1. The summed E-state index contributed by atoms with van der Waals surface area (Å²) in [6.45, 7) is 0.274. The maximum absolute atomic E-state index is 11.7. The maximum Gasteiger partial charge on any atom is 0.258 e. The van der Waals surface area contributed by atoms with E-state index in [0.717, 1.165) is 5.56 Å². The highest BCUT2D eigenvalue weighted by molar-refractivity contribution is 5.77. The van der Waals surface area contributed by atoms with Crippen molar-refractivity contribution < 1.29 is 9.53 Å². The molecule has 0 heterocycles. The monoisotopic (exact) mass is 281 g/mol. The van der Waals surface area contributed by atoms with Crippen molar-refractivity contribution in [1.82, 2.24) is 5.32 Å². The van der Waals surface area contributed by atoms with E-state index in [1.807, 2.05) is 6.07 Å². The van der Waals surface area contributed by atoms with E-state index in [1.54, 1.807) is 42.5 Å². The van der Waals surface area contributed by atoms with Crippen molar-refractivity contribution in [3.8, 4) is 11.8 Å². The number of anilines is 1. The van der Waals surface area contributed by atoms with Crippen LogP contribution in [0.25, 0.3) is 0 Å². The Labute approximate surface area is 123 Å². The van der Waals surface area contributed by atoms with E-state index in [2.05, 4.69) is 11.4 Å². The minimum absolute atomic E-state index is 0.0820. The summed E-state index contributed by atoms with van der Waals surface area (Å²) in [5, 5.41) is 11.5. The average molecular weight is 281 g/mol. The number of benzene rings is 2. The quantitative estimate of drug-likeness (QED) is 0.818. The molecular weight excluding hydrogens is 266 g/mol. The Hall–Kier alpha value is -3.00. The number of hydrogen-bond donors (Lipinski definition) is 2. The SMILES string of the molecule is N#Cc1cccc(CNC(=O)COc2cccc(N)c2)c1. The van der Waals surface area contributed by atoms with Gasteiger partial charge in [0.25, 0.3) is 5.91 Å².